The molecule has 2 aromatic rings. The molecule has 0 aliphatic carbocycles. The minimum absolute atomic E-state index is 0.131. The number of carbonyl (C=O) groups is 3. The Bertz CT molecular complexity index is 1240. The number of ether oxygens (including phenoxy) is 3. The summed E-state index contributed by atoms with van der Waals surface area (Å²) in [6.07, 6.45) is 1.55. The fourth-order valence-electron chi connectivity index (χ4n) is 3.78. The number of carbonyl (C=O) groups excluding carboxylic acids is 3. The highest BCUT2D eigenvalue weighted by atomic mass is 32.2. The van der Waals surface area contributed by atoms with Gasteiger partial charge in [0.1, 0.15) is 12.6 Å². The van der Waals surface area contributed by atoms with Gasteiger partial charge in [0.25, 0.3) is 11.1 Å². The van der Waals surface area contributed by atoms with Gasteiger partial charge in [-0.15, -0.1) is 0 Å². The quantitative estimate of drug-likeness (QED) is 0.536. The van der Waals surface area contributed by atoms with E-state index in [1.165, 1.54) is 7.11 Å². The summed E-state index contributed by atoms with van der Waals surface area (Å²) in [7, 11) is 1.46. The van der Waals surface area contributed by atoms with E-state index in [1.54, 1.807) is 30.3 Å². The minimum atomic E-state index is -0.551. The van der Waals surface area contributed by atoms with Crippen molar-refractivity contribution in [3.8, 4) is 17.6 Å². The number of para-hydroxylation sites is 2. The zero-order valence-corrected chi connectivity index (χ0v) is 20.4. The largest absolute Gasteiger partial charge is 0.493 e. The van der Waals surface area contributed by atoms with Gasteiger partial charge in [0.05, 0.1) is 36.6 Å². The number of rotatable bonds is 8. The van der Waals surface area contributed by atoms with Crippen molar-refractivity contribution in [2.75, 3.05) is 56.8 Å². The van der Waals surface area contributed by atoms with Gasteiger partial charge in [-0.2, -0.15) is 5.26 Å². The summed E-state index contributed by atoms with van der Waals surface area (Å²) in [6, 6.07) is 14.2. The fourth-order valence-corrected chi connectivity index (χ4v) is 4.62. The first-order valence-electron chi connectivity index (χ1n) is 11.1. The highest BCUT2D eigenvalue weighted by Gasteiger charge is 2.36. The van der Waals surface area contributed by atoms with Gasteiger partial charge in [0.2, 0.25) is 5.91 Å². The van der Waals surface area contributed by atoms with Crippen LogP contribution < -0.4 is 19.7 Å². The van der Waals surface area contributed by atoms with Crippen LogP contribution in [-0.4, -0.2) is 68.5 Å². The van der Waals surface area contributed by atoms with E-state index in [9.17, 15) is 14.4 Å². The van der Waals surface area contributed by atoms with E-state index < -0.39 is 23.6 Å². The number of imide groups is 1. The Labute approximate surface area is 212 Å². The van der Waals surface area contributed by atoms with Crippen molar-refractivity contribution >= 4 is 46.3 Å². The highest BCUT2D eigenvalue weighted by molar-refractivity contribution is 8.18. The van der Waals surface area contributed by atoms with Crippen molar-refractivity contribution in [2.45, 2.75) is 0 Å². The predicted octanol–water partition coefficient (Wildman–Crippen LogP) is 3.11. The number of hydrogen-bond donors (Lipinski definition) is 1. The van der Waals surface area contributed by atoms with E-state index in [-0.39, 0.29) is 11.5 Å². The molecule has 3 amide bonds. The maximum atomic E-state index is 12.9. The molecule has 36 heavy (non-hydrogen) atoms. The number of hydrogen-bond acceptors (Lipinski definition) is 9. The second kappa shape index (κ2) is 11.6. The second-order valence-electron chi connectivity index (χ2n) is 7.79. The molecule has 1 N–H and O–H groups in total. The number of nitrogens with one attached hydrogen (secondary N) is 1. The number of anilines is 2. The first-order chi connectivity index (χ1) is 17.5. The normalized spacial score (nSPS) is 16.7. The van der Waals surface area contributed by atoms with E-state index in [4.69, 9.17) is 19.5 Å². The molecule has 0 radical (unpaired) electrons. The van der Waals surface area contributed by atoms with Crippen molar-refractivity contribution < 1.29 is 28.6 Å². The fraction of sp³-hybridized carbons (Fsp3) is 0.280. The van der Waals surface area contributed by atoms with Crippen molar-refractivity contribution in [1.82, 2.24) is 4.90 Å². The smallest absolute Gasteiger partial charge is 0.294 e. The van der Waals surface area contributed by atoms with Crippen LogP contribution in [0.2, 0.25) is 0 Å². The molecule has 2 saturated heterocycles. The monoisotopic (exact) mass is 508 g/mol. The van der Waals surface area contributed by atoms with Crippen LogP contribution in [0.3, 0.4) is 0 Å². The lowest BCUT2D eigenvalue weighted by molar-refractivity contribution is -0.127. The lowest BCUT2D eigenvalue weighted by Gasteiger charge is -2.30. The number of morpholine rings is 1. The number of amides is 3. The Morgan fingerprint density at radius 1 is 1.19 bits per heavy atom. The molecular formula is C25H24N4O6S. The van der Waals surface area contributed by atoms with Crippen LogP contribution in [0.15, 0.2) is 47.4 Å². The predicted molar refractivity (Wildman–Crippen MR) is 135 cm³/mol. The van der Waals surface area contributed by atoms with E-state index in [2.05, 4.69) is 10.2 Å². The molecule has 2 aliphatic rings. The van der Waals surface area contributed by atoms with E-state index in [0.717, 1.165) is 22.3 Å². The maximum absolute atomic E-state index is 12.9. The Morgan fingerprint density at radius 2 is 1.97 bits per heavy atom. The number of nitrogens with zero attached hydrogens (tertiary/aromatic N) is 3. The van der Waals surface area contributed by atoms with Crippen LogP contribution in [-0.2, 0) is 14.3 Å². The average Bonchev–Trinajstić information content (AvgIpc) is 3.15. The van der Waals surface area contributed by atoms with Gasteiger partial charge < -0.3 is 24.4 Å². The summed E-state index contributed by atoms with van der Waals surface area (Å²) < 4.78 is 16.0. The first kappa shape index (κ1) is 25.1. The average molecular weight is 509 g/mol. The summed E-state index contributed by atoms with van der Waals surface area (Å²) >= 11 is 0.764. The molecule has 0 spiro atoms. The molecule has 2 fully saturated rings. The number of thioether (sulfide) groups is 1. The van der Waals surface area contributed by atoms with Gasteiger partial charge in [-0.3, -0.25) is 19.3 Å². The lowest BCUT2D eigenvalue weighted by Crippen LogP contribution is -2.38. The Morgan fingerprint density at radius 3 is 2.72 bits per heavy atom. The van der Waals surface area contributed by atoms with Crippen LogP contribution >= 0.6 is 11.8 Å². The second-order valence-corrected chi connectivity index (χ2v) is 8.78. The molecule has 186 valence electrons. The molecule has 2 aromatic carbocycles. The lowest BCUT2D eigenvalue weighted by atomic mass is 10.2. The zero-order valence-electron chi connectivity index (χ0n) is 19.6. The molecule has 2 heterocycles. The summed E-state index contributed by atoms with van der Waals surface area (Å²) in [6.45, 7) is 2.09. The van der Waals surface area contributed by atoms with E-state index in [1.807, 2.05) is 24.3 Å². The first-order valence-corrected chi connectivity index (χ1v) is 12.0. The summed E-state index contributed by atoms with van der Waals surface area (Å²) in [5.41, 5.74) is 2.07. The third-order valence-electron chi connectivity index (χ3n) is 5.48. The third-order valence-corrected chi connectivity index (χ3v) is 6.39. The SMILES string of the molecule is COc1cc(/C=C2\SC(=O)N(CC(=O)Nc3ccccc3N3CCOCC3)C2=O)ccc1OCC#N. The third kappa shape index (κ3) is 5.79. The van der Waals surface area contributed by atoms with Gasteiger partial charge >= 0.3 is 0 Å². The van der Waals surface area contributed by atoms with Crippen molar-refractivity contribution in [1.29, 1.82) is 5.26 Å². The maximum Gasteiger partial charge on any atom is 0.294 e. The van der Waals surface area contributed by atoms with Gasteiger partial charge in [-0.1, -0.05) is 18.2 Å². The Kier molecular flexibility index (Phi) is 8.10. The summed E-state index contributed by atoms with van der Waals surface area (Å²) in [4.78, 5) is 41.5. The zero-order chi connectivity index (χ0) is 25.5. The Balaban J connectivity index is 1.44. The van der Waals surface area contributed by atoms with E-state index >= 15 is 0 Å². The summed E-state index contributed by atoms with van der Waals surface area (Å²) in [5, 5.41) is 11.0. The van der Waals surface area contributed by atoms with Crippen molar-refractivity contribution in [2.24, 2.45) is 0 Å². The molecule has 0 aromatic heterocycles. The Hall–Kier alpha value is -4.01. The molecule has 11 heteroatoms. The molecule has 0 saturated carbocycles. The minimum Gasteiger partial charge on any atom is -0.493 e. The van der Waals surface area contributed by atoms with Crippen LogP contribution in [0.5, 0.6) is 11.5 Å². The molecule has 0 bridgehead atoms. The van der Waals surface area contributed by atoms with Gasteiger partial charge in [-0.05, 0) is 47.7 Å². The molecular weight excluding hydrogens is 484 g/mol. The standard InChI is InChI=1S/C25H24N4O6S/c1-33-21-14-17(6-7-20(21)35-11-8-26)15-22-24(31)29(25(32)36-22)16-23(30)27-18-4-2-3-5-19(18)28-9-12-34-13-10-28/h2-7,14-15H,9-13,16H2,1H3,(H,27,30)/b22-15-. The number of benzene rings is 2. The molecule has 2 aliphatic heterocycles. The topological polar surface area (TPSA) is 121 Å². The van der Waals surface area contributed by atoms with Crippen molar-refractivity contribution in [3.63, 3.8) is 0 Å². The number of nitriles is 1. The van der Waals surface area contributed by atoms with Crippen LogP contribution in [0, 0.1) is 11.3 Å². The van der Waals surface area contributed by atoms with Crippen LogP contribution in [0.25, 0.3) is 6.08 Å². The number of methoxy groups -OCH3 is 1. The molecule has 0 unspecified atom stereocenters. The van der Waals surface area contributed by atoms with E-state index in [0.29, 0.717) is 49.1 Å². The van der Waals surface area contributed by atoms with Gasteiger partial charge in [0, 0.05) is 13.1 Å². The highest BCUT2D eigenvalue weighted by Crippen LogP contribution is 2.35. The van der Waals surface area contributed by atoms with Crippen molar-refractivity contribution in [3.05, 3.63) is 52.9 Å². The van der Waals surface area contributed by atoms with Gasteiger partial charge in [-0.25, -0.2) is 0 Å². The molecule has 4 rings (SSSR count). The van der Waals surface area contributed by atoms with Crippen LogP contribution in [0.4, 0.5) is 16.2 Å². The van der Waals surface area contributed by atoms with Gasteiger partial charge in [0.15, 0.2) is 18.1 Å². The molecule has 0 atom stereocenters. The molecule has 10 nitrogen and oxygen atoms in total. The van der Waals surface area contributed by atoms with Crippen LogP contribution in [0.1, 0.15) is 5.56 Å². The summed E-state index contributed by atoms with van der Waals surface area (Å²) in [5.74, 6) is -0.250.